The number of fused-ring (bicyclic) bond motifs is 1. The number of nitrogens with zero attached hydrogens (tertiary/aromatic N) is 1. The van der Waals surface area contributed by atoms with Gasteiger partial charge in [-0.25, -0.2) is 0 Å². The highest BCUT2D eigenvalue weighted by Crippen LogP contribution is 2.42. The summed E-state index contributed by atoms with van der Waals surface area (Å²) in [5.41, 5.74) is 2.66. The monoisotopic (exact) mass is 350 g/mol. The van der Waals surface area contributed by atoms with Crippen molar-refractivity contribution in [3.63, 3.8) is 0 Å². The maximum Gasteiger partial charge on any atom is 0.226 e. The lowest BCUT2D eigenvalue weighted by Crippen LogP contribution is -2.23. The number of ether oxygens (including phenoxy) is 1. The number of amides is 1. The topological polar surface area (TPSA) is 99.3 Å². The van der Waals surface area contributed by atoms with Crippen LogP contribution >= 0.6 is 0 Å². The number of aromatic hydroxyl groups is 1. The van der Waals surface area contributed by atoms with Crippen LogP contribution in [0.2, 0.25) is 0 Å². The fourth-order valence-electron chi connectivity index (χ4n) is 3.21. The summed E-state index contributed by atoms with van der Waals surface area (Å²) in [6, 6.07) is 14.8. The van der Waals surface area contributed by atoms with Gasteiger partial charge in [0.2, 0.25) is 5.91 Å². The van der Waals surface area contributed by atoms with Gasteiger partial charge in [-0.3, -0.25) is 9.89 Å². The molecule has 4 N–H and O–H groups in total. The molecule has 1 aliphatic rings. The maximum atomic E-state index is 12.1. The van der Waals surface area contributed by atoms with Crippen molar-refractivity contribution in [3.8, 4) is 11.5 Å². The van der Waals surface area contributed by atoms with Crippen molar-refractivity contribution >= 4 is 23.2 Å². The molecule has 0 saturated carbocycles. The number of benzene rings is 2. The lowest BCUT2D eigenvalue weighted by molar-refractivity contribution is -0.116. The number of anilines is 3. The number of hydrogen-bond donors (Lipinski definition) is 4. The number of methoxy groups -OCH3 is 1. The van der Waals surface area contributed by atoms with Gasteiger partial charge in [0.05, 0.1) is 7.11 Å². The highest BCUT2D eigenvalue weighted by Gasteiger charge is 2.32. The Morgan fingerprint density at radius 3 is 2.81 bits per heavy atom. The van der Waals surface area contributed by atoms with E-state index in [1.165, 1.54) is 7.11 Å². The Bertz CT molecular complexity index is 953. The maximum absolute atomic E-state index is 12.1. The van der Waals surface area contributed by atoms with Gasteiger partial charge in [-0.1, -0.05) is 24.3 Å². The average Bonchev–Trinajstić information content (AvgIpc) is 3.05. The Labute approximate surface area is 150 Å². The van der Waals surface area contributed by atoms with Crippen molar-refractivity contribution in [1.29, 1.82) is 0 Å². The molecule has 7 nitrogen and oxygen atoms in total. The van der Waals surface area contributed by atoms with Gasteiger partial charge in [-0.15, -0.1) is 0 Å². The van der Waals surface area contributed by atoms with Crippen molar-refractivity contribution in [1.82, 2.24) is 10.2 Å². The smallest absolute Gasteiger partial charge is 0.226 e. The van der Waals surface area contributed by atoms with E-state index in [2.05, 4.69) is 20.8 Å². The zero-order valence-corrected chi connectivity index (χ0v) is 14.1. The first kappa shape index (κ1) is 16.0. The van der Waals surface area contributed by atoms with E-state index >= 15 is 0 Å². The number of rotatable bonds is 4. The Morgan fingerprint density at radius 2 is 2.04 bits per heavy atom. The molecule has 0 spiro atoms. The summed E-state index contributed by atoms with van der Waals surface area (Å²) >= 11 is 0. The molecule has 3 aromatic rings. The van der Waals surface area contributed by atoms with Gasteiger partial charge in [-0.05, 0) is 29.8 Å². The Hall–Kier alpha value is -3.48. The largest absolute Gasteiger partial charge is 0.504 e. The van der Waals surface area contributed by atoms with Gasteiger partial charge in [0.15, 0.2) is 17.3 Å². The molecule has 1 aliphatic heterocycles. The van der Waals surface area contributed by atoms with Gasteiger partial charge < -0.3 is 20.5 Å². The molecule has 1 atom stereocenters. The molecule has 1 amide bonds. The predicted molar refractivity (Wildman–Crippen MR) is 98.1 cm³/mol. The molecule has 0 radical (unpaired) electrons. The van der Waals surface area contributed by atoms with Gasteiger partial charge in [0.1, 0.15) is 5.82 Å². The molecule has 2 aromatic carbocycles. The molecule has 2 heterocycles. The second-order valence-electron chi connectivity index (χ2n) is 6.09. The number of nitrogens with one attached hydrogen (secondary N) is 3. The third-order valence-corrected chi connectivity index (χ3v) is 4.45. The fourth-order valence-corrected chi connectivity index (χ4v) is 3.21. The van der Waals surface area contributed by atoms with E-state index in [1.54, 1.807) is 18.2 Å². The van der Waals surface area contributed by atoms with Crippen molar-refractivity contribution < 1.29 is 14.6 Å². The summed E-state index contributed by atoms with van der Waals surface area (Å²) in [5, 5.41) is 23.2. The van der Waals surface area contributed by atoms with E-state index in [0.717, 1.165) is 22.6 Å². The minimum atomic E-state index is -0.210. The fraction of sp³-hybridized carbons (Fsp3) is 0.158. The van der Waals surface area contributed by atoms with Crippen LogP contribution in [0.1, 0.15) is 23.5 Å². The molecule has 7 heteroatoms. The molecule has 0 fully saturated rings. The van der Waals surface area contributed by atoms with Crippen molar-refractivity contribution in [3.05, 3.63) is 59.7 Å². The first-order valence-corrected chi connectivity index (χ1v) is 8.23. The third-order valence-electron chi connectivity index (χ3n) is 4.45. The highest BCUT2D eigenvalue weighted by molar-refractivity contribution is 5.95. The number of carbonyl (C=O) groups is 1. The van der Waals surface area contributed by atoms with Crippen LogP contribution in [-0.2, 0) is 4.79 Å². The number of carbonyl (C=O) groups excluding carboxylic acids is 1. The molecule has 132 valence electrons. The van der Waals surface area contributed by atoms with Crippen LogP contribution in [0.15, 0.2) is 48.5 Å². The van der Waals surface area contributed by atoms with E-state index in [0.29, 0.717) is 11.6 Å². The normalized spacial score (nSPS) is 15.9. The van der Waals surface area contributed by atoms with Gasteiger partial charge >= 0.3 is 0 Å². The molecular weight excluding hydrogens is 332 g/mol. The van der Waals surface area contributed by atoms with E-state index in [1.807, 2.05) is 30.3 Å². The second kappa shape index (κ2) is 6.44. The van der Waals surface area contributed by atoms with E-state index < -0.39 is 0 Å². The third kappa shape index (κ3) is 2.83. The van der Waals surface area contributed by atoms with Crippen LogP contribution < -0.4 is 15.4 Å². The molecule has 1 aromatic heterocycles. The number of phenolic OH excluding ortho intramolecular Hbond substituents is 1. The van der Waals surface area contributed by atoms with E-state index in [4.69, 9.17) is 4.74 Å². The standard InChI is InChI=1S/C19H18N4O3/c1-26-15-9-11(7-8-14(15)24)13-10-16(25)21-19-17(13)18(22-23-19)20-12-5-3-2-4-6-12/h2-9,13,24H,10H2,1H3,(H3,20,21,22,23,25)/t13-/m1/s1. The Balaban J connectivity index is 1.77. The number of para-hydroxylation sites is 1. The number of hydrogen-bond acceptors (Lipinski definition) is 5. The quantitative estimate of drug-likeness (QED) is 0.578. The predicted octanol–water partition coefficient (Wildman–Crippen LogP) is 3.34. The molecular formula is C19H18N4O3. The first-order chi connectivity index (χ1) is 12.7. The van der Waals surface area contributed by atoms with Crippen molar-refractivity contribution in [2.24, 2.45) is 0 Å². The van der Waals surface area contributed by atoms with Crippen LogP contribution in [0.25, 0.3) is 0 Å². The summed E-state index contributed by atoms with van der Waals surface area (Å²) in [6.07, 6.45) is 0.282. The molecule has 0 aliphatic carbocycles. The number of phenols is 1. The number of H-pyrrole nitrogens is 1. The van der Waals surface area contributed by atoms with E-state index in [-0.39, 0.29) is 24.0 Å². The number of aromatic amines is 1. The van der Waals surface area contributed by atoms with E-state index in [9.17, 15) is 9.90 Å². The number of aromatic nitrogens is 2. The van der Waals surface area contributed by atoms with Crippen LogP contribution in [0.3, 0.4) is 0 Å². The SMILES string of the molecule is COc1cc([C@H]2CC(=O)Nc3n[nH]c(Nc4ccccc4)c32)ccc1O. The lowest BCUT2D eigenvalue weighted by atomic mass is 9.86. The molecule has 0 saturated heterocycles. The zero-order valence-electron chi connectivity index (χ0n) is 14.1. The summed E-state index contributed by atoms with van der Waals surface area (Å²) in [6.45, 7) is 0. The summed E-state index contributed by atoms with van der Waals surface area (Å²) in [5.74, 6) is 1.35. The molecule has 0 bridgehead atoms. The van der Waals surface area contributed by atoms with Crippen LogP contribution in [0.5, 0.6) is 11.5 Å². The average molecular weight is 350 g/mol. The summed E-state index contributed by atoms with van der Waals surface area (Å²) < 4.78 is 5.21. The van der Waals surface area contributed by atoms with Gasteiger partial charge in [-0.2, -0.15) is 5.10 Å². The van der Waals surface area contributed by atoms with Crippen LogP contribution in [-0.4, -0.2) is 28.3 Å². The minimum absolute atomic E-state index is 0.0616. The first-order valence-electron chi connectivity index (χ1n) is 8.23. The van der Waals surface area contributed by atoms with Crippen LogP contribution in [0.4, 0.5) is 17.3 Å². The highest BCUT2D eigenvalue weighted by atomic mass is 16.5. The van der Waals surface area contributed by atoms with Crippen LogP contribution in [0, 0.1) is 0 Å². The van der Waals surface area contributed by atoms with Gasteiger partial charge in [0, 0.05) is 23.6 Å². The minimum Gasteiger partial charge on any atom is -0.504 e. The molecule has 4 rings (SSSR count). The second-order valence-corrected chi connectivity index (χ2v) is 6.09. The van der Waals surface area contributed by atoms with Crippen molar-refractivity contribution in [2.45, 2.75) is 12.3 Å². The Kier molecular flexibility index (Phi) is 3.96. The Morgan fingerprint density at radius 1 is 1.23 bits per heavy atom. The lowest BCUT2D eigenvalue weighted by Gasteiger charge is -2.24. The summed E-state index contributed by atoms with van der Waals surface area (Å²) in [4.78, 5) is 12.1. The zero-order chi connectivity index (χ0) is 18.1. The summed E-state index contributed by atoms with van der Waals surface area (Å²) in [7, 11) is 1.50. The molecule has 0 unspecified atom stereocenters. The molecule has 26 heavy (non-hydrogen) atoms. The van der Waals surface area contributed by atoms with Gasteiger partial charge in [0.25, 0.3) is 0 Å². The van der Waals surface area contributed by atoms with Crippen molar-refractivity contribution in [2.75, 3.05) is 17.7 Å².